The van der Waals surface area contributed by atoms with Gasteiger partial charge in [-0.1, -0.05) is 31.2 Å². The van der Waals surface area contributed by atoms with Crippen molar-refractivity contribution in [3.8, 4) is 5.75 Å². The summed E-state index contributed by atoms with van der Waals surface area (Å²) in [6, 6.07) is 11.9. The molecule has 0 aliphatic carbocycles. The Kier molecular flexibility index (Phi) is 7.80. The number of carbonyl (C=O) groups is 2. The monoisotopic (exact) mass is 484 g/mol. The number of methoxy groups -OCH3 is 1. The second-order valence-electron chi connectivity index (χ2n) is 8.30. The highest BCUT2D eigenvalue weighted by Gasteiger charge is 2.25. The molecule has 34 heavy (non-hydrogen) atoms. The fourth-order valence-electron chi connectivity index (χ4n) is 4.35. The Hall–Kier alpha value is -2.97. The van der Waals surface area contributed by atoms with E-state index >= 15 is 0 Å². The van der Waals surface area contributed by atoms with Crippen molar-refractivity contribution < 1.29 is 23.5 Å². The number of likely N-dealkylation sites (tertiary alicyclic amines) is 1. The molecule has 0 spiro atoms. The fourth-order valence-corrected chi connectivity index (χ4v) is 5.48. The van der Waals surface area contributed by atoms with Gasteiger partial charge in [-0.3, -0.25) is 9.59 Å². The van der Waals surface area contributed by atoms with Gasteiger partial charge in [-0.2, -0.15) is 0 Å². The number of thiophene rings is 1. The van der Waals surface area contributed by atoms with E-state index < -0.39 is 0 Å². The van der Waals surface area contributed by atoms with E-state index in [0.29, 0.717) is 32.7 Å². The van der Waals surface area contributed by atoms with Gasteiger partial charge in [0.1, 0.15) is 11.6 Å². The van der Waals surface area contributed by atoms with E-state index in [1.807, 2.05) is 36.1 Å². The highest BCUT2D eigenvalue weighted by atomic mass is 32.1. The molecule has 1 unspecified atom stereocenters. The van der Waals surface area contributed by atoms with E-state index in [1.165, 1.54) is 24.5 Å². The lowest BCUT2D eigenvalue weighted by molar-refractivity contribution is -0.132. The van der Waals surface area contributed by atoms with Crippen molar-refractivity contribution in [3.63, 3.8) is 0 Å². The van der Waals surface area contributed by atoms with Crippen LogP contribution in [-0.4, -0.2) is 43.5 Å². The molecular formula is C26H29FN2O4S. The van der Waals surface area contributed by atoms with E-state index in [4.69, 9.17) is 9.47 Å². The minimum Gasteiger partial charge on any atom is -0.483 e. The maximum absolute atomic E-state index is 14.5. The summed E-state index contributed by atoms with van der Waals surface area (Å²) in [6.07, 6.45) is 2.67. The van der Waals surface area contributed by atoms with E-state index in [-0.39, 0.29) is 36.9 Å². The van der Waals surface area contributed by atoms with Crippen LogP contribution in [0.1, 0.15) is 53.0 Å². The zero-order valence-corrected chi connectivity index (χ0v) is 20.3. The number of halogens is 1. The standard InChI is InChI=1S/C26H29FN2O4S/c1-3-20(17-9-4-5-11-21(17)33-16-23(30)29-13-6-7-14-29)28-26(31)25-18(15-32-2)24-19(27)10-8-12-22(24)34-25/h4-5,8-12,20H,3,6-7,13-16H2,1-2H3,(H,28,31). The number of amides is 2. The molecule has 0 radical (unpaired) electrons. The summed E-state index contributed by atoms with van der Waals surface area (Å²) < 4.78 is 26.4. The number of nitrogens with zero attached hydrogens (tertiary/aromatic N) is 1. The number of para-hydroxylation sites is 1. The zero-order valence-electron chi connectivity index (χ0n) is 19.4. The van der Waals surface area contributed by atoms with Crippen molar-refractivity contribution in [1.29, 1.82) is 0 Å². The van der Waals surface area contributed by atoms with E-state index in [1.54, 1.807) is 12.1 Å². The van der Waals surface area contributed by atoms with Gasteiger partial charge in [-0.25, -0.2) is 4.39 Å². The van der Waals surface area contributed by atoms with Crippen molar-refractivity contribution in [2.45, 2.75) is 38.8 Å². The Labute approximate surface area is 202 Å². The molecule has 1 saturated heterocycles. The highest BCUT2D eigenvalue weighted by molar-refractivity contribution is 7.21. The SMILES string of the molecule is CCC(NC(=O)c1sc2cccc(F)c2c1COC)c1ccccc1OCC(=O)N1CCCC1. The van der Waals surface area contributed by atoms with Gasteiger partial charge in [0.15, 0.2) is 6.61 Å². The van der Waals surface area contributed by atoms with Gasteiger partial charge in [-0.15, -0.1) is 11.3 Å². The maximum Gasteiger partial charge on any atom is 0.262 e. The number of hydrogen-bond acceptors (Lipinski definition) is 5. The van der Waals surface area contributed by atoms with Crippen LogP contribution >= 0.6 is 11.3 Å². The van der Waals surface area contributed by atoms with Gasteiger partial charge in [0.05, 0.1) is 17.5 Å². The van der Waals surface area contributed by atoms with Gasteiger partial charge in [0, 0.05) is 41.4 Å². The molecule has 6 nitrogen and oxygen atoms in total. The molecule has 0 saturated carbocycles. The molecule has 2 aromatic carbocycles. The third-order valence-electron chi connectivity index (χ3n) is 6.08. The molecule has 1 aliphatic heterocycles. The minimum atomic E-state index is -0.367. The normalized spacial score (nSPS) is 14.4. The summed E-state index contributed by atoms with van der Waals surface area (Å²) in [4.78, 5) is 28.0. The number of rotatable bonds is 9. The summed E-state index contributed by atoms with van der Waals surface area (Å²) >= 11 is 1.25. The molecule has 3 aromatic rings. The molecule has 8 heteroatoms. The summed E-state index contributed by atoms with van der Waals surface area (Å²) in [7, 11) is 1.53. The van der Waals surface area contributed by atoms with Gasteiger partial charge in [0.2, 0.25) is 0 Å². The first-order valence-electron chi connectivity index (χ1n) is 11.5. The van der Waals surface area contributed by atoms with Crippen molar-refractivity contribution in [2.24, 2.45) is 0 Å². The quantitative estimate of drug-likeness (QED) is 0.461. The lowest BCUT2D eigenvalue weighted by Crippen LogP contribution is -2.32. The molecule has 4 rings (SSSR count). The molecule has 2 heterocycles. The van der Waals surface area contributed by atoms with E-state index in [0.717, 1.165) is 31.5 Å². The first-order valence-corrected chi connectivity index (χ1v) is 12.3. The number of fused-ring (bicyclic) bond motifs is 1. The van der Waals surface area contributed by atoms with Crippen LogP contribution in [0.3, 0.4) is 0 Å². The number of nitrogens with one attached hydrogen (secondary N) is 1. The minimum absolute atomic E-state index is 0.0269. The predicted octanol–water partition coefficient (Wildman–Crippen LogP) is 5.07. The number of carbonyl (C=O) groups excluding carboxylic acids is 2. The second kappa shape index (κ2) is 11.0. The van der Waals surface area contributed by atoms with Crippen molar-refractivity contribution in [1.82, 2.24) is 10.2 Å². The van der Waals surface area contributed by atoms with Crippen molar-refractivity contribution in [3.05, 3.63) is 64.3 Å². The third-order valence-corrected chi connectivity index (χ3v) is 7.27. The van der Waals surface area contributed by atoms with Gasteiger partial charge in [0.25, 0.3) is 11.8 Å². The summed E-state index contributed by atoms with van der Waals surface area (Å²) in [5.74, 6) is -0.113. The molecule has 1 fully saturated rings. The maximum atomic E-state index is 14.5. The lowest BCUT2D eigenvalue weighted by Gasteiger charge is -2.22. The largest absolute Gasteiger partial charge is 0.483 e. The van der Waals surface area contributed by atoms with E-state index in [2.05, 4.69) is 5.32 Å². The number of ether oxygens (including phenoxy) is 2. The van der Waals surface area contributed by atoms with Gasteiger partial charge in [-0.05, 0) is 37.5 Å². The molecule has 1 atom stereocenters. The van der Waals surface area contributed by atoms with Crippen LogP contribution in [0, 0.1) is 5.82 Å². The molecule has 1 aliphatic rings. The Morgan fingerprint density at radius 2 is 1.91 bits per heavy atom. The number of benzene rings is 2. The first-order chi connectivity index (χ1) is 16.5. The molecular weight excluding hydrogens is 455 g/mol. The summed E-state index contributed by atoms with van der Waals surface area (Å²) in [5, 5.41) is 3.51. The highest BCUT2D eigenvalue weighted by Crippen LogP contribution is 2.35. The lowest BCUT2D eigenvalue weighted by atomic mass is 10.0. The van der Waals surface area contributed by atoms with Crippen LogP contribution in [0.15, 0.2) is 42.5 Å². The molecule has 2 amide bonds. The van der Waals surface area contributed by atoms with Crippen LogP contribution in [-0.2, 0) is 16.1 Å². The molecule has 0 bridgehead atoms. The smallest absolute Gasteiger partial charge is 0.262 e. The Morgan fingerprint density at radius 3 is 2.65 bits per heavy atom. The first kappa shape index (κ1) is 24.2. The van der Waals surface area contributed by atoms with Crippen LogP contribution in [0.2, 0.25) is 0 Å². The average Bonchev–Trinajstić information content (AvgIpc) is 3.51. The van der Waals surface area contributed by atoms with Crippen LogP contribution in [0.25, 0.3) is 10.1 Å². The zero-order chi connectivity index (χ0) is 24.1. The second-order valence-corrected chi connectivity index (χ2v) is 9.36. The Bertz CT molecular complexity index is 1170. The van der Waals surface area contributed by atoms with Crippen LogP contribution in [0.4, 0.5) is 4.39 Å². The summed E-state index contributed by atoms with van der Waals surface area (Å²) in [6.45, 7) is 3.62. The molecule has 1 aromatic heterocycles. The van der Waals surface area contributed by atoms with Crippen molar-refractivity contribution in [2.75, 3.05) is 26.8 Å². The Balaban J connectivity index is 1.55. The Morgan fingerprint density at radius 1 is 1.15 bits per heavy atom. The number of hydrogen-bond donors (Lipinski definition) is 1. The van der Waals surface area contributed by atoms with Crippen LogP contribution in [0.5, 0.6) is 5.75 Å². The molecule has 180 valence electrons. The van der Waals surface area contributed by atoms with Gasteiger partial charge >= 0.3 is 0 Å². The van der Waals surface area contributed by atoms with Gasteiger partial charge < -0.3 is 19.7 Å². The molecule has 1 N–H and O–H groups in total. The van der Waals surface area contributed by atoms with Crippen molar-refractivity contribution >= 4 is 33.2 Å². The predicted molar refractivity (Wildman–Crippen MR) is 131 cm³/mol. The average molecular weight is 485 g/mol. The third kappa shape index (κ3) is 5.08. The fraction of sp³-hybridized carbons (Fsp3) is 0.385. The topological polar surface area (TPSA) is 67.9 Å². The summed E-state index contributed by atoms with van der Waals surface area (Å²) in [5.41, 5.74) is 1.35. The van der Waals surface area contributed by atoms with Crippen LogP contribution < -0.4 is 10.1 Å². The van der Waals surface area contributed by atoms with E-state index in [9.17, 15) is 14.0 Å².